The standard InChI is InChI=1S/C26H19BrClN3O6/c1-14-3-6-19(9-15(14)2)30-25(33)20(24(32)29-26(30)34)10-17-11-21(27)23(22(28)12-17)37-13-16-4-7-18(8-5-16)31(35)36/h3-12H,13H2,1-2H3,(H,29,32,34)/b20-10+. The zero-order valence-electron chi connectivity index (χ0n) is 19.6. The van der Waals surface area contributed by atoms with Gasteiger partial charge in [-0.2, -0.15) is 0 Å². The van der Waals surface area contributed by atoms with Gasteiger partial charge in [-0.3, -0.25) is 25.0 Å². The van der Waals surface area contributed by atoms with Crippen molar-refractivity contribution in [2.75, 3.05) is 4.90 Å². The Morgan fingerprint density at radius 3 is 2.38 bits per heavy atom. The molecule has 3 aromatic carbocycles. The molecule has 1 aliphatic rings. The Balaban J connectivity index is 1.58. The van der Waals surface area contributed by atoms with Crippen molar-refractivity contribution in [2.45, 2.75) is 20.5 Å². The van der Waals surface area contributed by atoms with Crippen molar-refractivity contribution in [3.8, 4) is 5.75 Å². The molecule has 9 nitrogen and oxygen atoms in total. The van der Waals surface area contributed by atoms with Crippen molar-refractivity contribution < 1.29 is 24.0 Å². The lowest BCUT2D eigenvalue weighted by Gasteiger charge is -2.27. The van der Waals surface area contributed by atoms with Crippen molar-refractivity contribution in [2.24, 2.45) is 0 Å². The number of imide groups is 2. The molecule has 0 unspecified atom stereocenters. The summed E-state index contributed by atoms with van der Waals surface area (Å²) in [6.45, 7) is 3.87. The summed E-state index contributed by atoms with van der Waals surface area (Å²) in [5.74, 6) is -1.27. The summed E-state index contributed by atoms with van der Waals surface area (Å²) in [4.78, 5) is 49.4. The van der Waals surface area contributed by atoms with Gasteiger partial charge in [-0.15, -0.1) is 0 Å². The molecule has 1 fully saturated rings. The van der Waals surface area contributed by atoms with Crippen LogP contribution in [0.5, 0.6) is 5.75 Å². The van der Waals surface area contributed by atoms with E-state index < -0.39 is 22.8 Å². The molecule has 4 amide bonds. The third-order valence-corrected chi connectivity index (χ3v) is 6.58. The first kappa shape index (κ1) is 26.1. The highest BCUT2D eigenvalue weighted by Crippen LogP contribution is 2.36. The molecule has 0 radical (unpaired) electrons. The van der Waals surface area contributed by atoms with Gasteiger partial charge >= 0.3 is 6.03 Å². The predicted octanol–water partition coefficient (Wildman–Crippen LogP) is 5.87. The van der Waals surface area contributed by atoms with E-state index in [4.69, 9.17) is 16.3 Å². The molecule has 3 aromatic rings. The molecule has 0 saturated carbocycles. The van der Waals surface area contributed by atoms with Gasteiger partial charge in [0.15, 0.2) is 5.75 Å². The number of urea groups is 1. The Bertz CT molecular complexity index is 1460. The number of carbonyl (C=O) groups excluding carboxylic acids is 3. The fourth-order valence-electron chi connectivity index (χ4n) is 3.59. The summed E-state index contributed by atoms with van der Waals surface area (Å²) < 4.78 is 6.24. The number of amides is 4. The van der Waals surface area contributed by atoms with Crippen LogP contribution in [0.2, 0.25) is 5.02 Å². The number of non-ortho nitro benzene ring substituents is 1. The molecule has 188 valence electrons. The van der Waals surface area contributed by atoms with Crippen LogP contribution in [0.3, 0.4) is 0 Å². The number of rotatable bonds is 6. The zero-order chi connectivity index (χ0) is 26.9. The summed E-state index contributed by atoms with van der Waals surface area (Å²) in [7, 11) is 0. The highest BCUT2D eigenvalue weighted by atomic mass is 79.9. The number of hydrogen-bond donors (Lipinski definition) is 1. The summed E-state index contributed by atoms with van der Waals surface area (Å²) in [5.41, 5.74) is 3.09. The van der Waals surface area contributed by atoms with Gasteiger partial charge in [0.05, 0.1) is 20.1 Å². The average Bonchev–Trinajstić information content (AvgIpc) is 2.83. The van der Waals surface area contributed by atoms with Gasteiger partial charge in [0.25, 0.3) is 17.5 Å². The molecule has 1 heterocycles. The molecule has 0 atom stereocenters. The quantitative estimate of drug-likeness (QED) is 0.167. The fourth-order valence-corrected chi connectivity index (χ4v) is 4.58. The smallest absolute Gasteiger partial charge is 0.335 e. The number of nitrogens with one attached hydrogen (secondary N) is 1. The number of halogens is 2. The molecule has 0 spiro atoms. The molecule has 0 bridgehead atoms. The van der Waals surface area contributed by atoms with Crippen LogP contribution in [0.15, 0.2) is 64.6 Å². The van der Waals surface area contributed by atoms with E-state index in [2.05, 4.69) is 21.2 Å². The SMILES string of the molecule is Cc1ccc(N2C(=O)NC(=O)/C(=C\c3cc(Cl)c(OCc4ccc([N+](=O)[O-])cc4)c(Br)c3)C2=O)cc1C. The molecule has 1 aliphatic heterocycles. The van der Waals surface area contributed by atoms with Crippen LogP contribution in [0, 0.1) is 24.0 Å². The Morgan fingerprint density at radius 2 is 1.76 bits per heavy atom. The van der Waals surface area contributed by atoms with Crippen LogP contribution in [-0.4, -0.2) is 22.8 Å². The topological polar surface area (TPSA) is 119 Å². The highest BCUT2D eigenvalue weighted by Gasteiger charge is 2.37. The van der Waals surface area contributed by atoms with E-state index in [9.17, 15) is 24.5 Å². The first-order valence-corrected chi connectivity index (χ1v) is 12.1. The van der Waals surface area contributed by atoms with Gasteiger partial charge in [0.2, 0.25) is 0 Å². The summed E-state index contributed by atoms with van der Waals surface area (Å²) >= 11 is 9.81. The van der Waals surface area contributed by atoms with Crippen LogP contribution in [0.4, 0.5) is 16.2 Å². The molecule has 4 rings (SSSR count). The fraction of sp³-hybridized carbons (Fsp3) is 0.115. The minimum absolute atomic E-state index is 0.0283. The van der Waals surface area contributed by atoms with E-state index in [1.165, 1.54) is 24.3 Å². The van der Waals surface area contributed by atoms with E-state index in [0.717, 1.165) is 16.0 Å². The molecular formula is C26H19BrClN3O6. The lowest BCUT2D eigenvalue weighted by atomic mass is 10.0. The number of aryl methyl sites for hydroxylation is 2. The van der Waals surface area contributed by atoms with Gasteiger partial charge in [-0.1, -0.05) is 17.7 Å². The van der Waals surface area contributed by atoms with E-state index >= 15 is 0 Å². The number of carbonyl (C=O) groups is 3. The minimum Gasteiger partial charge on any atom is -0.486 e. The van der Waals surface area contributed by atoms with E-state index in [1.807, 2.05) is 13.8 Å². The number of anilines is 1. The number of nitro benzene ring substituents is 1. The van der Waals surface area contributed by atoms with E-state index in [0.29, 0.717) is 27.0 Å². The lowest BCUT2D eigenvalue weighted by Crippen LogP contribution is -2.54. The summed E-state index contributed by atoms with van der Waals surface area (Å²) in [6, 6.07) is 13.3. The maximum absolute atomic E-state index is 13.2. The largest absolute Gasteiger partial charge is 0.486 e. The number of barbiturate groups is 1. The Morgan fingerprint density at radius 1 is 1.05 bits per heavy atom. The van der Waals surface area contributed by atoms with Crippen LogP contribution in [0.25, 0.3) is 6.08 Å². The molecule has 1 saturated heterocycles. The third kappa shape index (κ3) is 5.55. The van der Waals surface area contributed by atoms with Crippen molar-refractivity contribution in [1.29, 1.82) is 0 Å². The number of ether oxygens (including phenoxy) is 1. The third-order valence-electron chi connectivity index (χ3n) is 5.71. The second-order valence-corrected chi connectivity index (χ2v) is 9.51. The van der Waals surface area contributed by atoms with Crippen molar-refractivity contribution in [3.63, 3.8) is 0 Å². The normalized spacial score (nSPS) is 14.6. The number of hydrogen-bond acceptors (Lipinski definition) is 6. The highest BCUT2D eigenvalue weighted by molar-refractivity contribution is 9.10. The van der Waals surface area contributed by atoms with E-state index in [-0.39, 0.29) is 22.9 Å². The molecule has 37 heavy (non-hydrogen) atoms. The average molecular weight is 585 g/mol. The van der Waals surface area contributed by atoms with Crippen molar-refractivity contribution in [1.82, 2.24) is 5.32 Å². The van der Waals surface area contributed by atoms with Gasteiger partial charge in [0.1, 0.15) is 12.2 Å². The summed E-state index contributed by atoms with van der Waals surface area (Å²) in [5, 5.41) is 13.2. The maximum Gasteiger partial charge on any atom is 0.335 e. The first-order valence-electron chi connectivity index (χ1n) is 10.9. The van der Waals surface area contributed by atoms with E-state index in [1.54, 1.807) is 36.4 Å². The Kier molecular flexibility index (Phi) is 7.42. The van der Waals surface area contributed by atoms with Crippen LogP contribution >= 0.6 is 27.5 Å². The number of nitro groups is 1. The van der Waals surface area contributed by atoms with Crippen LogP contribution in [-0.2, 0) is 16.2 Å². The second kappa shape index (κ2) is 10.5. The van der Waals surface area contributed by atoms with Gasteiger partial charge in [-0.05, 0) is 94.5 Å². The molecule has 0 aromatic heterocycles. The van der Waals surface area contributed by atoms with Crippen LogP contribution < -0.4 is 15.0 Å². The molecule has 1 N–H and O–H groups in total. The maximum atomic E-state index is 13.2. The predicted molar refractivity (Wildman–Crippen MR) is 141 cm³/mol. The Hall–Kier alpha value is -4.02. The number of benzene rings is 3. The first-order chi connectivity index (χ1) is 17.5. The van der Waals surface area contributed by atoms with Gasteiger partial charge in [-0.25, -0.2) is 9.69 Å². The number of nitrogens with zero attached hydrogens (tertiary/aromatic N) is 2. The summed E-state index contributed by atoms with van der Waals surface area (Å²) in [6.07, 6.45) is 1.34. The van der Waals surface area contributed by atoms with Gasteiger partial charge in [0, 0.05) is 12.1 Å². The zero-order valence-corrected chi connectivity index (χ0v) is 21.9. The van der Waals surface area contributed by atoms with Gasteiger partial charge < -0.3 is 4.74 Å². The molecule has 11 heteroatoms. The second-order valence-electron chi connectivity index (χ2n) is 8.25. The molecular weight excluding hydrogens is 566 g/mol. The monoisotopic (exact) mass is 583 g/mol. The van der Waals surface area contributed by atoms with Crippen molar-refractivity contribution >= 4 is 62.8 Å². The lowest BCUT2D eigenvalue weighted by molar-refractivity contribution is -0.384. The Labute approximate surface area is 225 Å². The van der Waals surface area contributed by atoms with Crippen molar-refractivity contribution in [3.05, 3.63) is 102 Å². The van der Waals surface area contributed by atoms with Crippen LogP contribution in [0.1, 0.15) is 22.3 Å². The molecule has 0 aliphatic carbocycles. The minimum atomic E-state index is -0.829.